The van der Waals surface area contributed by atoms with Crippen LogP contribution < -0.4 is 9.30 Å². The zero-order valence-corrected chi connectivity index (χ0v) is 42.8. The second kappa shape index (κ2) is 16.6. The molecule has 0 N–H and O–H groups in total. The van der Waals surface area contributed by atoms with E-state index in [1.54, 1.807) is 0 Å². The quantitative estimate of drug-likeness (QED) is 0.123. The third-order valence-electron chi connectivity index (χ3n) is 12.2. The fraction of sp³-hybridized carbons (Fsp3) is 0.345. The van der Waals surface area contributed by atoms with Crippen LogP contribution in [-0.4, -0.2) is 14.1 Å². The number of rotatable bonds is 6. The van der Waals surface area contributed by atoms with E-state index >= 15 is 0 Å². The second-order valence-corrected chi connectivity index (χ2v) is 22.5. The Balaban J connectivity index is 0.00000612. The predicted molar refractivity (Wildman–Crippen MR) is 261 cm³/mol. The van der Waals surface area contributed by atoms with Crippen molar-refractivity contribution in [1.82, 2.24) is 14.1 Å². The van der Waals surface area contributed by atoms with E-state index < -0.39 is 0 Å². The van der Waals surface area contributed by atoms with Crippen molar-refractivity contribution >= 4 is 21.8 Å². The maximum absolute atomic E-state index is 6.89. The fourth-order valence-corrected chi connectivity index (χ4v) is 8.05. The summed E-state index contributed by atoms with van der Waals surface area (Å²) in [5.41, 5.74) is 12.3. The van der Waals surface area contributed by atoms with E-state index in [4.69, 9.17) is 9.72 Å². The molecule has 8 rings (SSSR count). The van der Waals surface area contributed by atoms with E-state index in [1.165, 1.54) is 27.8 Å². The molecule has 0 saturated carbocycles. The van der Waals surface area contributed by atoms with Crippen molar-refractivity contribution in [2.75, 3.05) is 0 Å². The van der Waals surface area contributed by atoms with E-state index in [-0.39, 0.29) is 48.1 Å². The first-order valence-electron chi connectivity index (χ1n) is 22.4. The second-order valence-electron chi connectivity index (χ2n) is 22.5. The molecule has 334 valence electrons. The number of nitrogens with zero attached hydrogens (tertiary/aromatic N) is 4. The van der Waals surface area contributed by atoms with Gasteiger partial charge in [-0.3, -0.25) is 4.57 Å². The minimum absolute atomic E-state index is 0. The van der Waals surface area contributed by atoms with Crippen LogP contribution in [0.4, 0.5) is 0 Å². The summed E-state index contributed by atoms with van der Waals surface area (Å²) in [6, 6.07) is 42.5. The standard InChI is InChI=1S/C58H64N4O.Pt/c1-54(2,3)40-22-23-59-53(34-40)62-51-19-17-16-18-49(51)50-21-20-47(36-52(50)62)63-48-29-39(38-26-41(55(4,5)6)30-42(27-38)56(7,8)9)28-45(35-48)60-24-25-61(37-60)46-32-43(57(10,11)12)31-44(33-46)58(13,14)15;/h16-34H,1-15H3;/q-2;. The zero-order chi connectivity index (χ0) is 45.4. The van der Waals surface area contributed by atoms with Crippen LogP contribution in [0.25, 0.3) is 50.1 Å². The van der Waals surface area contributed by atoms with Crippen LogP contribution in [0.1, 0.15) is 132 Å². The van der Waals surface area contributed by atoms with Crippen molar-refractivity contribution in [3.05, 3.63) is 162 Å². The molecular weight excluding hydrogens is 964 g/mol. The molecule has 0 fully saturated rings. The first-order valence-corrected chi connectivity index (χ1v) is 22.4. The van der Waals surface area contributed by atoms with Crippen molar-refractivity contribution < 1.29 is 30.4 Å². The van der Waals surface area contributed by atoms with Crippen LogP contribution in [0.3, 0.4) is 0 Å². The first-order chi connectivity index (χ1) is 29.3. The van der Waals surface area contributed by atoms with Crippen LogP contribution in [0.2, 0.25) is 0 Å². The van der Waals surface area contributed by atoms with Gasteiger partial charge < -0.3 is 13.9 Å². The van der Waals surface area contributed by atoms with Crippen molar-refractivity contribution in [3.8, 4) is 39.8 Å². The number of para-hydroxylation sites is 1. The van der Waals surface area contributed by atoms with Crippen molar-refractivity contribution in [2.24, 2.45) is 0 Å². The summed E-state index contributed by atoms with van der Waals surface area (Å²) in [5.74, 6) is 2.04. The van der Waals surface area contributed by atoms with E-state index in [0.717, 1.165) is 50.1 Å². The molecule has 0 spiro atoms. The molecule has 0 amide bonds. The van der Waals surface area contributed by atoms with Crippen molar-refractivity contribution in [3.63, 3.8) is 0 Å². The summed E-state index contributed by atoms with van der Waals surface area (Å²) in [7, 11) is 0. The molecule has 0 aliphatic rings. The molecule has 3 heterocycles. The molecule has 6 heteroatoms. The van der Waals surface area contributed by atoms with E-state index in [9.17, 15) is 0 Å². The SMILES string of the molecule is CC(C)(C)c1cc(-c2cc(Oc3[c-]c4c(cc3)c3ccccc3n4-c3cc(C(C)(C)C)ccn3)[c-]c(-n3[c-][n+](-c4cc(C(C)(C)C)cc(C(C)(C)C)c4)cc3)c2)cc(C(C)(C)C)c1.[Pt]. The average molecular weight is 1030 g/mol. The normalized spacial score (nSPS) is 12.8. The van der Waals surface area contributed by atoms with Gasteiger partial charge in [-0.2, -0.15) is 12.1 Å². The van der Waals surface area contributed by atoms with Crippen LogP contribution in [0, 0.1) is 18.5 Å². The van der Waals surface area contributed by atoms with Crippen molar-refractivity contribution in [2.45, 2.75) is 131 Å². The molecule has 3 aromatic heterocycles. The Labute approximate surface area is 396 Å². The van der Waals surface area contributed by atoms with E-state index in [0.29, 0.717) is 11.5 Å². The van der Waals surface area contributed by atoms with Gasteiger partial charge in [-0.25, -0.2) is 4.98 Å². The number of ether oxygens (including phenoxy) is 1. The van der Waals surface area contributed by atoms with Gasteiger partial charge in [0.2, 0.25) is 0 Å². The van der Waals surface area contributed by atoms with Gasteiger partial charge in [-0.1, -0.05) is 152 Å². The molecule has 8 aromatic rings. The monoisotopic (exact) mass is 1030 g/mol. The predicted octanol–water partition coefficient (Wildman–Crippen LogP) is 14.6. The minimum atomic E-state index is -0.0452. The maximum Gasteiger partial charge on any atom is 0.267 e. The molecule has 64 heavy (non-hydrogen) atoms. The third-order valence-corrected chi connectivity index (χ3v) is 12.2. The molecule has 5 nitrogen and oxygen atoms in total. The summed E-state index contributed by atoms with van der Waals surface area (Å²) in [5, 5.41) is 2.23. The molecule has 0 radical (unpaired) electrons. The van der Waals surface area contributed by atoms with E-state index in [2.05, 4.69) is 235 Å². The van der Waals surface area contributed by atoms with Gasteiger partial charge >= 0.3 is 0 Å². The summed E-state index contributed by atoms with van der Waals surface area (Å²) >= 11 is 0. The van der Waals surface area contributed by atoms with E-state index in [1.807, 2.05) is 16.8 Å². The maximum atomic E-state index is 6.89. The number of imidazole rings is 1. The Hall–Kier alpha value is -5.25. The summed E-state index contributed by atoms with van der Waals surface area (Å²) < 4.78 is 13.2. The van der Waals surface area contributed by atoms with Crippen molar-refractivity contribution in [1.29, 1.82) is 0 Å². The molecule has 5 aromatic carbocycles. The Bertz CT molecular complexity index is 2940. The van der Waals surface area contributed by atoms with Gasteiger partial charge in [0.1, 0.15) is 5.82 Å². The number of pyridine rings is 1. The number of hydrogen-bond donors (Lipinski definition) is 0. The topological polar surface area (TPSA) is 35.9 Å². The summed E-state index contributed by atoms with van der Waals surface area (Å²) in [6.07, 6.45) is 9.70. The van der Waals surface area contributed by atoms with Gasteiger partial charge in [0, 0.05) is 56.7 Å². The molecule has 0 atom stereocenters. The van der Waals surface area contributed by atoms with Crippen LogP contribution >= 0.6 is 0 Å². The van der Waals surface area contributed by atoms with Gasteiger partial charge in [0.15, 0.2) is 0 Å². The van der Waals surface area contributed by atoms with Gasteiger partial charge in [0.05, 0.1) is 5.69 Å². The Morgan fingerprint density at radius 3 is 1.69 bits per heavy atom. The number of hydrogen-bond acceptors (Lipinski definition) is 2. The van der Waals surface area contributed by atoms with Crippen LogP contribution in [0.15, 0.2) is 116 Å². The molecular formula is C58H64N4OPt-2. The Kier molecular flexibility index (Phi) is 12.1. The largest absolute Gasteiger partial charge is 0.510 e. The van der Waals surface area contributed by atoms with Gasteiger partial charge in [-0.05, 0) is 102 Å². The third kappa shape index (κ3) is 9.57. The van der Waals surface area contributed by atoms with Crippen LogP contribution in [0.5, 0.6) is 11.5 Å². The number of fused-ring (bicyclic) bond motifs is 3. The molecule has 0 aliphatic heterocycles. The molecule has 0 saturated heterocycles. The Morgan fingerprint density at radius 1 is 0.531 bits per heavy atom. The molecule has 0 bridgehead atoms. The Morgan fingerprint density at radius 2 is 1.09 bits per heavy atom. The smallest absolute Gasteiger partial charge is 0.267 e. The van der Waals surface area contributed by atoms with Gasteiger partial charge in [-0.15, -0.1) is 35.2 Å². The summed E-state index contributed by atoms with van der Waals surface area (Å²) in [6.45, 7) is 34.0. The molecule has 0 aliphatic carbocycles. The summed E-state index contributed by atoms with van der Waals surface area (Å²) in [4.78, 5) is 4.89. The van der Waals surface area contributed by atoms with Crippen LogP contribution in [-0.2, 0) is 48.1 Å². The van der Waals surface area contributed by atoms with Gasteiger partial charge in [0.25, 0.3) is 6.33 Å². The average Bonchev–Trinajstić information content (AvgIpc) is 3.83. The molecule has 0 unspecified atom stereocenters. The zero-order valence-electron chi connectivity index (χ0n) is 40.5. The first kappa shape index (κ1) is 46.7. The number of aromatic nitrogens is 4. The fourth-order valence-electron chi connectivity index (χ4n) is 8.05. The number of benzene rings is 5. The minimum Gasteiger partial charge on any atom is -0.510 e.